The van der Waals surface area contributed by atoms with Crippen molar-refractivity contribution in [2.24, 2.45) is 5.14 Å². The summed E-state index contributed by atoms with van der Waals surface area (Å²) in [5.74, 6) is -1.11. The van der Waals surface area contributed by atoms with Crippen LogP contribution < -0.4 is 10.5 Å². The minimum absolute atomic E-state index is 0.0151. The molecule has 0 aliphatic heterocycles. The van der Waals surface area contributed by atoms with Gasteiger partial charge in [-0.2, -0.15) is 0 Å². The lowest BCUT2D eigenvalue weighted by Gasteiger charge is -2.09. The number of primary sulfonamides is 1. The van der Waals surface area contributed by atoms with Crippen molar-refractivity contribution in [3.63, 3.8) is 0 Å². The third kappa shape index (κ3) is 5.18. The van der Waals surface area contributed by atoms with Crippen molar-refractivity contribution in [2.45, 2.75) is 18.2 Å². The molecular formula is C12H17FN2O4S2. The lowest BCUT2D eigenvalue weighted by molar-refractivity contribution is 0.0949. The highest BCUT2D eigenvalue weighted by Crippen LogP contribution is 2.18. The molecule has 1 unspecified atom stereocenters. The molecule has 0 bridgehead atoms. The lowest BCUT2D eigenvalue weighted by Crippen LogP contribution is -2.27. The summed E-state index contributed by atoms with van der Waals surface area (Å²) in [4.78, 5) is 11.6. The fourth-order valence-corrected chi connectivity index (χ4v) is 2.81. The molecule has 1 aromatic carbocycles. The van der Waals surface area contributed by atoms with Gasteiger partial charge in [-0.25, -0.2) is 17.9 Å². The van der Waals surface area contributed by atoms with Crippen LogP contribution >= 0.6 is 0 Å². The molecule has 0 fully saturated rings. The van der Waals surface area contributed by atoms with Crippen LogP contribution in [0, 0.1) is 12.7 Å². The molecule has 0 saturated heterocycles. The SMILES string of the molecule is Cc1cc(S(N)(=O)=O)cc(C(=O)NCCCS(C)=O)c1F. The number of nitrogens with one attached hydrogen (secondary N) is 1. The third-order valence-electron chi connectivity index (χ3n) is 2.70. The normalized spacial score (nSPS) is 13.0. The van der Waals surface area contributed by atoms with E-state index in [4.69, 9.17) is 5.14 Å². The largest absolute Gasteiger partial charge is 0.352 e. The first-order valence-electron chi connectivity index (χ1n) is 6.04. The second-order valence-corrected chi connectivity index (χ2v) is 7.65. The van der Waals surface area contributed by atoms with Crippen molar-refractivity contribution < 1.29 is 21.8 Å². The number of hydrogen-bond acceptors (Lipinski definition) is 4. The van der Waals surface area contributed by atoms with Crippen molar-refractivity contribution in [3.05, 3.63) is 29.1 Å². The zero-order valence-electron chi connectivity index (χ0n) is 11.7. The van der Waals surface area contributed by atoms with Crippen LogP contribution in [0.25, 0.3) is 0 Å². The van der Waals surface area contributed by atoms with Gasteiger partial charge in [-0.3, -0.25) is 9.00 Å². The van der Waals surface area contributed by atoms with E-state index in [-0.39, 0.29) is 22.6 Å². The topological polar surface area (TPSA) is 106 Å². The Kier molecular flexibility index (Phi) is 5.99. The molecule has 1 aromatic rings. The fraction of sp³-hybridized carbons (Fsp3) is 0.417. The van der Waals surface area contributed by atoms with Gasteiger partial charge in [0.15, 0.2) is 0 Å². The van der Waals surface area contributed by atoms with Crippen molar-refractivity contribution in [1.82, 2.24) is 5.32 Å². The number of nitrogens with two attached hydrogens (primary N) is 1. The zero-order valence-corrected chi connectivity index (χ0v) is 13.3. The van der Waals surface area contributed by atoms with Crippen molar-refractivity contribution >= 4 is 26.7 Å². The predicted molar refractivity (Wildman–Crippen MR) is 78.4 cm³/mol. The highest BCUT2D eigenvalue weighted by molar-refractivity contribution is 7.89. The molecule has 9 heteroatoms. The number of hydrogen-bond donors (Lipinski definition) is 2. The fourth-order valence-electron chi connectivity index (χ4n) is 1.64. The first kappa shape index (κ1) is 17.7. The number of amides is 1. The maximum atomic E-state index is 13.9. The van der Waals surface area contributed by atoms with E-state index < -0.39 is 32.5 Å². The van der Waals surface area contributed by atoms with Gasteiger partial charge in [-0.05, 0) is 31.0 Å². The van der Waals surface area contributed by atoms with Gasteiger partial charge in [0.1, 0.15) is 5.82 Å². The van der Waals surface area contributed by atoms with Crippen LogP contribution in [0.5, 0.6) is 0 Å². The average Bonchev–Trinajstić information content (AvgIpc) is 2.35. The van der Waals surface area contributed by atoms with Gasteiger partial charge in [0.05, 0.1) is 10.5 Å². The van der Waals surface area contributed by atoms with E-state index in [0.29, 0.717) is 12.2 Å². The van der Waals surface area contributed by atoms with E-state index in [1.807, 2.05) is 0 Å². The summed E-state index contributed by atoms with van der Waals surface area (Å²) >= 11 is 0. The van der Waals surface area contributed by atoms with E-state index in [2.05, 4.69) is 5.32 Å². The molecule has 0 saturated carbocycles. The smallest absolute Gasteiger partial charge is 0.254 e. The number of aryl methyl sites for hydroxylation is 1. The molecule has 3 N–H and O–H groups in total. The molecule has 0 aromatic heterocycles. The molecule has 118 valence electrons. The summed E-state index contributed by atoms with van der Waals surface area (Å²) in [6.45, 7) is 1.57. The second kappa shape index (κ2) is 7.10. The summed E-state index contributed by atoms with van der Waals surface area (Å²) in [6, 6.07) is 1.98. The monoisotopic (exact) mass is 336 g/mol. The Morgan fingerprint density at radius 1 is 1.43 bits per heavy atom. The van der Waals surface area contributed by atoms with E-state index in [0.717, 1.165) is 12.1 Å². The number of carbonyl (C=O) groups excluding carboxylic acids is 1. The number of rotatable bonds is 6. The predicted octanol–water partition coefficient (Wildman–Crippen LogP) is 0.280. The van der Waals surface area contributed by atoms with Crippen molar-refractivity contribution in [3.8, 4) is 0 Å². The second-order valence-electron chi connectivity index (χ2n) is 4.53. The van der Waals surface area contributed by atoms with E-state index in [1.165, 1.54) is 6.92 Å². The number of carbonyl (C=O) groups is 1. The molecule has 0 radical (unpaired) electrons. The van der Waals surface area contributed by atoms with Gasteiger partial charge in [-0.15, -0.1) is 0 Å². The summed E-state index contributed by atoms with van der Waals surface area (Å²) in [5.41, 5.74) is -0.363. The summed E-state index contributed by atoms with van der Waals surface area (Å²) in [7, 11) is -4.99. The molecule has 0 aliphatic rings. The minimum Gasteiger partial charge on any atom is -0.352 e. The van der Waals surface area contributed by atoms with Crippen LogP contribution in [-0.4, -0.2) is 37.1 Å². The molecule has 6 nitrogen and oxygen atoms in total. The number of halogens is 1. The quantitative estimate of drug-likeness (QED) is 0.728. The average molecular weight is 336 g/mol. The maximum absolute atomic E-state index is 13.9. The van der Waals surface area contributed by atoms with E-state index in [1.54, 1.807) is 6.26 Å². The summed E-state index contributed by atoms with van der Waals surface area (Å²) < 4.78 is 47.4. The highest BCUT2D eigenvalue weighted by Gasteiger charge is 2.19. The van der Waals surface area contributed by atoms with Crippen molar-refractivity contribution in [1.29, 1.82) is 0 Å². The van der Waals surface area contributed by atoms with Gasteiger partial charge in [-0.1, -0.05) is 0 Å². The molecule has 0 aliphatic carbocycles. The maximum Gasteiger partial charge on any atom is 0.254 e. The molecule has 21 heavy (non-hydrogen) atoms. The Morgan fingerprint density at radius 3 is 2.57 bits per heavy atom. The van der Waals surface area contributed by atoms with Gasteiger partial charge in [0, 0.05) is 29.4 Å². The van der Waals surface area contributed by atoms with Crippen molar-refractivity contribution in [2.75, 3.05) is 18.6 Å². The minimum atomic E-state index is -4.02. The van der Waals surface area contributed by atoms with Crippen LogP contribution in [-0.2, 0) is 20.8 Å². The molecular weight excluding hydrogens is 319 g/mol. The summed E-state index contributed by atoms with van der Waals surface area (Å²) in [6.07, 6.45) is 2.02. The Labute approximate surface area is 125 Å². The van der Waals surface area contributed by atoms with Crippen LogP contribution in [0.1, 0.15) is 22.3 Å². The van der Waals surface area contributed by atoms with Gasteiger partial charge in [0.2, 0.25) is 10.0 Å². The molecule has 1 atom stereocenters. The van der Waals surface area contributed by atoms with Gasteiger partial charge < -0.3 is 5.32 Å². The third-order valence-corrected chi connectivity index (χ3v) is 4.45. The van der Waals surface area contributed by atoms with Gasteiger partial charge >= 0.3 is 0 Å². The Hall–Kier alpha value is -1.32. The Morgan fingerprint density at radius 2 is 2.05 bits per heavy atom. The number of benzene rings is 1. The molecule has 0 heterocycles. The Bertz CT molecular complexity index is 674. The van der Waals surface area contributed by atoms with E-state index in [9.17, 15) is 21.8 Å². The van der Waals surface area contributed by atoms with Crippen LogP contribution in [0.4, 0.5) is 4.39 Å². The molecule has 1 rings (SSSR count). The van der Waals surface area contributed by atoms with Crippen LogP contribution in [0.3, 0.4) is 0 Å². The molecule has 0 spiro atoms. The number of sulfonamides is 1. The first-order chi connectivity index (χ1) is 9.62. The highest BCUT2D eigenvalue weighted by atomic mass is 32.2. The molecule has 1 amide bonds. The van der Waals surface area contributed by atoms with Crippen LogP contribution in [0.2, 0.25) is 0 Å². The first-order valence-corrected chi connectivity index (χ1v) is 9.31. The lowest BCUT2D eigenvalue weighted by atomic mass is 10.1. The van der Waals surface area contributed by atoms with Gasteiger partial charge in [0.25, 0.3) is 5.91 Å². The summed E-state index contributed by atoms with van der Waals surface area (Å²) in [5, 5.41) is 7.44. The standard InChI is InChI=1S/C12H17FN2O4S2/c1-8-6-9(21(14,18)19)7-10(11(8)13)12(16)15-4-3-5-20(2)17/h6-7H,3-5H2,1-2H3,(H,15,16)(H2,14,18,19). The van der Waals surface area contributed by atoms with E-state index >= 15 is 0 Å². The van der Waals surface area contributed by atoms with Crippen LogP contribution in [0.15, 0.2) is 17.0 Å². The zero-order chi connectivity index (χ0) is 16.2. The Balaban J connectivity index is 2.93.